The van der Waals surface area contributed by atoms with E-state index in [2.05, 4.69) is 0 Å². The first-order valence-electron chi connectivity index (χ1n) is 4.49. The summed E-state index contributed by atoms with van der Waals surface area (Å²) < 4.78 is 0. The Morgan fingerprint density at radius 3 is 2.40 bits per heavy atom. The van der Waals surface area contributed by atoms with Crippen LogP contribution in [0, 0.1) is 0 Å². The topological polar surface area (TPSA) is 80.4 Å². The van der Waals surface area contributed by atoms with Crippen molar-refractivity contribution in [1.29, 1.82) is 0 Å². The Bertz CT molecular complexity index is 410. The van der Waals surface area contributed by atoms with Gasteiger partial charge in [0.25, 0.3) is 0 Å². The Hall–Kier alpha value is -1.84. The molecule has 80 valence electrons. The number of carboxylic acid groups (broad SMARTS) is 1. The number of aliphatic carboxylic acids is 1. The molecule has 1 amide bonds. The maximum absolute atomic E-state index is 11.0. The molecule has 0 aliphatic heterocycles. The quantitative estimate of drug-likeness (QED) is 0.780. The van der Waals surface area contributed by atoms with E-state index in [4.69, 9.17) is 10.8 Å². The van der Waals surface area contributed by atoms with Crippen molar-refractivity contribution in [3.05, 3.63) is 35.4 Å². The molecule has 0 atom stereocenters. The number of primary amides is 1. The number of carbonyl (C=O) groups is 2. The largest absolute Gasteiger partial charge is 0.481 e. The second kappa shape index (κ2) is 3.73. The lowest BCUT2D eigenvalue weighted by Crippen LogP contribution is -2.28. The summed E-state index contributed by atoms with van der Waals surface area (Å²) in [5, 5.41) is 9.01. The van der Waals surface area contributed by atoms with Gasteiger partial charge in [-0.05, 0) is 31.5 Å². The monoisotopic (exact) mass is 207 g/mol. The lowest BCUT2D eigenvalue weighted by Gasteiger charge is -2.19. The summed E-state index contributed by atoms with van der Waals surface area (Å²) in [6.07, 6.45) is 0. The molecule has 0 fully saturated rings. The molecule has 0 bridgehead atoms. The SMILES string of the molecule is CC(C)(C(=O)O)c1cccc(C(N)=O)c1. The zero-order chi connectivity index (χ0) is 11.6. The fourth-order valence-corrected chi connectivity index (χ4v) is 1.18. The van der Waals surface area contributed by atoms with Crippen LogP contribution in [-0.4, -0.2) is 17.0 Å². The van der Waals surface area contributed by atoms with Gasteiger partial charge in [0.1, 0.15) is 0 Å². The van der Waals surface area contributed by atoms with Crippen LogP contribution in [0.5, 0.6) is 0 Å². The van der Waals surface area contributed by atoms with Gasteiger partial charge >= 0.3 is 5.97 Å². The van der Waals surface area contributed by atoms with Gasteiger partial charge in [0.2, 0.25) is 5.91 Å². The minimum Gasteiger partial charge on any atom is -0.481 e. The molecule has 0 saturated carbocycles. The summed E-state index contributed by atoms with van der Waals surface area (Å²) in [5.74, 6) is -1.50. The fourth-order valence-electron chi connectivity index (χ4n) is 1.18. The summed E-state index contributed by atoms with van der Waals surface area (Å²) in [6, 6.07) is 6.36. The fraction of sp³-hybridized carbons (Fsp3) is 0.273. The molecule has 0 saturated heterocycles. The van der Waals surface area contributed by atoms with Gasteiger partial charge in [-0.25, -0.2) is 0 Å². The molecule has 0 unspecified atom stereocenters. The van der Waals surface area contributed by atoms with Crippen LogP contribution in [0.15, 0.2) is 24.3 Å². The number of rotatable bonds is 3. The third kappa shape index (κ3) is 2.15. The van der Waals surface area contributed by atoms with Crippen molar-refractivity contribution < 1.29 is 14.7 Å². The Labute approximate surface area is 87.7 Å². The van der Waals surface area contributed by atoms with Gasteiger partial charge in [-0.1, -0.05) is 12.1 Å². The normalized spacial score (nSPS) is 11.1. The van der Waals surface area contributed by atoms with Crippen LogP contribution in [0.4, 0.5) is 0 Å². The number of benzene rings is 1. The van der Waals surface area contributed by atoms with Gasteiger partial charge in [-0.15, -0.1) is 0 Å². The van der Waals surface area contributed by atoms with Crippen LogP contribution in [-0.2, 0) is 10.2 Å². The maximum atomic E-state index is 11.0. The van der Waals surface area contributed by atoms with Crippen LogP contribution in [0.2, 0.25) is 0 Å². The molecule has 15 heavy (non-hydrogen) atoms. The highest BCUT2D eigenvalue weighted by atomic mass is 16.4. The van der Waals surface area contributed by atoms with E-state index in [1.165, 1.54) is 6.07 Å². The van der Waals surface area contributed by atoms with Crippen molar-refractivity contribution in [2.45, 2.75) is 19.3 Å². The molecular formula is C11H13NO3. The molecule has 1 aromatic rings. The summed E-state index contributed by atoms with van der Waals surface area (Å²) in [4.78, 5) is 21.9. The molecule has 3 N–H and O–H groups in total. The van der Waals surface area contributed by atoms with Crippen LogP contribution in [0.1, 0.15) is 29.8 Å². The van der Waals surface area contributed by atoms with E-state index in [-0.39, 0.29) is 0 Å². The molecule has 4 heteroatoms. The lowest BCUT2D eigenvalue weighted by atomic mass is 9.84. The molecule has 4 nitrogen and oxygen atoms in total. The van der Waals surface area contributed by atoms with Crippen LogP contribution in [0.25, 0.3) is 0 Å². The van der Waals surface area contributed by atoms with E-state index in [9.17, 15) is 9.59 Å². The number of hydrogen-bond donors (Lipinski definition) is 2. The molecule has 0 radical (unpaired) electrons. The van der Waals surface area contributed by atoms with E-state index in [1.807, 2.05) is 0 Å². The third-order valence-corrected chi connectivity index (χ3v) is 2.40. The van der Waals surface area contributed by atoms with Crippen molar-refractivity contribution >= 4 is 11.9 Å². The van der Waals surface area contributed by atoms with Crippen LogP contribution < -0.4 is 5.73 Å². The highest BCUT2D eigenvalue weighted by molar-refractivity contribution is 5.93. The third-order valence-electron chi connectivity index (χ3n) is 2.40. The summed E-state index contributed by atoms with van der Waals surface area (Å²) in [7, 11) is 0. The molecule has 0 aromatic heterocycles. The molecule has 1 rings (SSSR count). The van der Waals surface area contributed by atoms with E-state index in [0.717, 1.165) is 0 Å². The first-order chi connectivity index (χ1) is 6.85. The van der Waals surface area contributed by atoms with Crippen molar-refractivity contribution in [3.63, 3.8) is 0 Å². The average molecular weight is 207 g/mol. The molecular weight excluding hydrogens is 194 g/mol. The van der Waals surface area contributed by atoms with Crippen molar-refractivity contribution in [2.75, 3.05) is 0 Å². The highest BCUT2D eigenvalue weighted by Crippen LogP contribution is 2.23. The Kier molecular flexibility index (Phi) is 2.79. The van der Waals surface area contributed by atoms with Gasteiger partial charge in [0, 0.05) is 5.56 Å². The zero-order valence-corrected chi connectivity index (χ0v) is 8.65. The summed E-state index contributed by atoms with van der Waals surface area (Å²) >= 11 is 0. The minimum atomic E-state index is -1.02. The average Bonchev–Trinajstić information content (AvgIpc) is 2.17. The standard InChI is InChI=1S/C11H13NO3/c1-11(2,10(14)15)8-5-3-4-7(6-8)9(12)13/h3-6H,1-2H3,(H2,12,13)(H,14,15). The predicted octanol–water partition coefficient (Wildman–Crippen LogP) is 1.15. The number of carbonyl (C=O) groups excluding carboxylic acids is 1. The van der Waals surface area contributed by atoms with Crippen molar-refractivity contribution in [1.82, 2.24) is 0 Å². The van der Waals surface area contributed by atoms with Gasteiger partial charge < -0.3 is 10.8 Å². The second-order valence-corrected chi connectivity index (χ2v) is 3.88. The predicted molar refractivity (Wildman–Crippen MR) is 55.6 cm³/mol. The van der Waals surface area contributed by atoms with Crippen LogP contribution in [0.3, 0.4) is 0 Å². The summed E-state index contributed by atoms with van der Waals surface area (Å²) in [5.41, 5.74) is 4.98. The van der Waals surface area contributed by atoms with E-state index < -0.39 is 17.3 Å². The molecule has 0 aliphatic carbocycles. The Balaban J connectivity index is 3.21. The number of nitrogens with two attached hydrogens (primary N) is 1. The first kappa shape index (κ1) is 11.2. The summed E-state index contributed by atoms with van der Waals surface area (Å²) in [6.45, 7) is 3.16. The zero-order valence-electron chi connectivity index (χ0n) is 8.65. The Morgan fingerprint density at radius 2 is 1.93 bits per heavy atom. The Morgan fingerprint density at radius 1 is 1.33 bits per heavy atom. The lowest BCUT2D eigenvalue weighted by molar-refractivity contribution is -0.142. The van der Waals surface area contributed by atoms with Crippen molar-refractivity contribution in [3.8, 4) is 0 Å². The van der Waals surface area contributed by atoms with Gasteiger partial charge in [-0.2, -0.15) is 0 Å². The number of amides is 1. The first-order valence-corrected chi connectivity index (χ1v) is 4.49. The molecule has 0 heterocycles. The van der Waals surface area contributed by atoms with E-state index in [1.54, 1.807) is 32.0 Å². The smallest absolute Gasteiger partial charge is 0.313 e. The van der Waals surface area contributed by atoms with Crippen molar-refractivity contribution in [2.24, 2.45) is 5.73 Å². The van der Waals surface area contributed by atoms with E-state index in [0.29, 0.717) is 11.1 Å². The molecule has 0 spiro atoms. The van der Waals surface area contributed by atoms with Gasteiger partial charge in [0.05, 0.1) is 5.41 Å². The van der Waals surface area contributed by atoms with E-state index >= 15 is 0 Å². The minimum absolute atomic E-state index is 0.321. The molecule has 0 aliphatic rings. The number of hydrogen-bond acceptors (Lipinski definition) is 2. The maximum Gasteiger partial charge on any atom is 0.313 e. The molecule has 1 aromatic carbocycles. The second-order valence-electron chi connectivity index (χ2n) is 3.88. The van der Waals surface area contributed by atoms with Gasteiger partial charge in [-0.3, -0.25) is 9.59 Å². The van der Waals surface area contributed by atoms with Gasteiger partial charge in [0.15, 0.2) is 0 Å². The number of carboxylic acids is 1. The highest BCUT2D eigenvalue weighted by Gasteiger charge is 2.29. The van der Waals surface area contributed by atoms with Crippen LogP contribution >= 0.6 is 0 Å².